The van der Waals surface area contributed by atoms with E-state index >= 15 is 0 Å². The Morgan fingerprint density at radius 2 is 1.46 bits per heavy atom. The Bertz CT molecular complexity index is 908. The van der Waals surface area contributed by atoms with E-state index in [9.17, 15) is 9.59 Å². The molecule has 0 radical (unpaired) electrons. The fourth-order valence-electron chi connectivity index (χ4n) is 4.67. The van der Waals surface area contributed by atoms with Crippen molar-refractivity contribution in [1.82, 2.24) is 0 Å². The lowest BCUT2D eigenvalue weighted by Crippen LogP contribution is -2.39. The Balaban J connectivity index is 1.69. The average Bonchev–Trinajstić information content (AvgIpc) is 3.11. The zero-order valence-electron chi connectivity index (χ0n) is 13.5. The fraction of sp³-hybridized carbons (Fsp3) is 0.300. The zero-order valence-corrected chi connectivity index (χ0v) is 13.5. The highest BCUT2D eigenvalue weighted by molar-refractivity contribution is 6.26. The summed E-state index contributed by atoms with van der Waals surface area (Å²) in [5.41, 5.74) is -0.708. The third-order valence-corrected chi connectivity index (χ3v) is 5.73. The molecule has 0 unspecified atom stereocenters. The number of carbonyl (C=O) groups excluding carboxylic acids is 2. The third kappa shape index (κ3) is 1.47. The van der Waals surface area contributed by atoms with E-state index in [4.69, 9.17) is 4.74 Å². The van der Waals surface area contributed by atoms with Gasteiger partial charge in [-0.1, -0.05) is 48.6 Å². The minimum absolute atomic E-state index is 0.156. The normalized spacial score (nSPS) is 36.8. The number of anilines is 1. The van der Waals surface area contributed by atoms with Crippen LogP contribution in [-0.4, -0.2) is 23.0 Å². The van der Waals surface area contributed by atoms with Crippen LogP contribution in [-0.2, 0) is 14.3 Å². The van der Waals surface area contributed by atoms with Crippen LogP contribution in [0.1, 0.15) is 13.8 Å². The van der Waals surface area contributed by atoms with Crippen molar-refractivity contribution in [1.29, 1.82) is 0 Å². The maximum absolute atomic E-state index is 13.2. The highest BCUT2D eigenvalue weighted by Crippen LogP contribution is 2.57. The molecule has 2 amide bonds. The first-order chi connectivity index (χ1) is 11.4. The minimum atomic E-state index is -0.689. The molecule has 0 N–H and O–H groups in total. The Labute approximate surface area is 139 Å². The lowest BCUT2D eigenvalue weighted by molar-refractivity contribution is -0.128. The summed E-state index contributed by atoms with van der Waals surface area (Å²) in [5, 5.41) is 1.93. The van der Waals surface area contributed by atoms with Crippen molar-refractivity contribution in [2.45, 2.75) is 25.0 Å². The van der Waals surface area contributed by atoms with Gasteiger partial charge in [0.2, 0.25) is 11.8 Å². The molecule has 0 aromatic heterocycles. The molecule has 2 fully saturated rings. The number of hydrogen-bond acceptors (Lipinski definition) is 3. The van der Waals surface area contributed by atoms with Gasteiger partial charge in [0, 0.05) is 5.39 Å². The number of nitrogens with zero attached hydrogens (tertiary/aromatic N) is 1. The first kappa shape index (κ1) is 13.9. The van der Waals surface area contributed by atoms with Crippen molar-refractivity contribution in [3.63, 3.8) is 0 Å². The summed E-state index contributed by atoms with van der Waals surface area (Å²) in [4.78, 5) is 27.7. The lowest BCUT2D eigenvalue weighted by atomic mass is 9.73. The van der Waals surface area contributed by atoms with E-state index < -0.39 is 23.0 Å². The number of amides is 2. The van der Waals surface area contributed by atoms with Crippen molar-refractivity contribution in [2.24, 2.45) is 11.8 Å². The van der Waals surface area contributed by atoms with Gasteiger partial charge in [0.05, 0.1) is 28.7 Å². The Hall–Kier alpha value is -2.46. The van der Waals surface area contributed by atoms with Crippen molar-refractivity contribution >= 4 is 28.3 Å². The number of fused-ring (bicyclic) bond motifs is 6. The molecule has 0 aliphatic carbocycles. The van der Waals surface area contributed by atoms with E-state index in [1.54, 1.807) is 0 Å². The van der Waals surface area contributed by atoms with Gasteiger partial charge < -0.3 is 4.74 Å². The van der Waals surface area contributed by atoms with Crippen LogP contribution in [0, 0.1) is 11.8 Å². The van der Waals surface area contributed by atoms with Gasteiger partial charge in [-0.2, -0.15) is 0 Å². The summed E-state index contributed by atoms with van der Waals surface area (Å²) in [6, 6.07) is 13.5. The number of hydrogen-bond donors (Lipinski definition) is 0. The van der Waals surface area contributed by atoms with Crippen LogP contribution < -0.4 is 4.90 Å². The smallest absolute Gasteiger partial charge is 0.241 e. The number of ether oxygens (including phenoxy) is 1. The van der Waals surface area contributed by atoms with Crippen molar-refractivity contribution < 1.29 is 14.3 Å². The molecule has 2 aromatic rings. The number of carbonyl (C=O) groups is 2. The second-order valence-corrected chi connectivity index (χ2v) is 7.27. The monoisotopic (exact) mass is 319 g/mol. The maximum Gasteiger partial charge on any atom is 0.241 e. The molecule has 2 saturated heterocycles. The van der Waals surface area contributed by atoms with Gasteiger partial charge >= 0.3 is 0 Å². The molecule has 4 atom stereocenters. The van der Waals surface area contributed by atoms with Gasteiger partial charge in [-0.05, 0) is 25.3 Å². The van der Waals surface area contributed by atoms with Gasteiger partial charge in [0.15, 0.2) is 0 Å². The van der Waals surface area contributed by atoms with E-state index in [0.29, 0.717) is 5.69 Å². The SMILES string of the molecule is C[C@]12C=C[C@@](C)(O1)[C@H]1C(=O)N(c3cccc4ccccc34)C(=O)[C@@H]12. The summed E-state index contributed by atoms with van der Waals surface area (Å²) < 4.78 is 6.05. The van der Waals surface area contributed by atoms with Crippen LogP contribution >= 0.6 is 0 Å². The summed E-state index contributed by atoms with van der Waals surface area (Å²) in [5.74, 6) is -1.20. The summed E-state index contributed by atoms with van der Waals surface area (Å²) in [7, 11) is 0. The second kappa shape index (κ2) is 4.14. The molecule has 0 spiro atoms. The molecule has 4 nitrogen and oxygen atoms in total. The molecular formula is C20H17NO3. The van der Waals surface area contributed by atoms with E-state index in [1.165, 1.54) is 4.90 Å². The van der Waals surface area contributed by atoms with Crippen LogP contribution in [0.3, 0.4) is 0 Å². The molecule has 0 saturated carbocycles. The van der Waals surface area contributed by atoms with Gasteiger partial charge in [-0.3, -0.25) is 9.59 Å². The van der Waals surface area contributed by atoms with Crippen LogP contribution in [0.25, 0.3) is 10.8 Å². The first-order valence-electron chi connectivity index (χ1n) is 8.21. The molecule has 4 heteroatoms. The van der Waals surface area contributed by atoms with Crippen molar-refractivity contribution in [3.8, 4) is 0 Å². The van der Waals surface area contributed by atoms with Crippen molar-refractivity contribution in [3.05, 3.63) is 54.6 Å². The molecule has 120 valence electrons. The standard InChI is InChI=1S/C20H17NO3/c1-19-10-11-20(2,24-19)16-15(19)17(22)21(18(16)23)14-9-5-7-12-6-3-4-8-13(12)14/h3-11,15-16H,1-2H3/t15-,16-,19-,20-/m1/s1. The van der Waals surface area contributed by atoms with Crippen LogP contribution in [0.4, 0.5) is 5.69 Å². The third-order valence-electron chi connectivity index (χ3n) is 5.73. The number of imide groups is 1. The number of rotatable bonds is 1. The molecule has 2 aromatic carbocycles. The molecule has 5 rings (SSSR count). The van der Waals surface area contributed by atoms with E-state index in [-0.39, 0.29) is 11.8 Å². The summed E-state index contributed by atoms with van der Waals surface area (Å²) in [6.07, 6.45) is 3.87. The Morgan fingerprint density at radius 1 is 0.875 bits per heavy atom. The largest absolute Gasteiger partial charge is 0.359 e. The average molecular weight is 319 g/mol. The van der Waals surface area contributed by atoms with Gasteiger partial charge in [-0.15, -0.1) is 0 Å². The van der Waals surface area contributed by atoms with Gasteiger partial charge in [0.25, 0.3) is 0 Å². The van der Waals surface area contributed by atoms with Crippen LogP contribution in [0.5, 0.6) is 0 Å². The molecule has 3 heterocycles. The summed E-state index contributed by atoms with van der Waals surface area (Å²) >= 11 is 0. The molecule has 3 aliphatic heterocycles. The topological polar surface area (TPSA) is 46.6 Å². The van der Waals surface area contributed by atoms with Gasteiger partial charge in [0.1, 0.15) is 0 Å². The minimum Gasteiger partial charge on any atom is -0.359 e. The zero-order chi connectivity index (χ0) is 16.7. The fourth-order valence-corrected chi connectivity index (χ4v) is 4.67. The number of benzene rings is 2. The van der Waals surface area contributed by atoms with E-state index in [1.807, 2.05) is 68.5 Å². The predicted octanol–water partition coefficient (Wildman–Crippen LogP) is 3.06. The van der Waals surface area contributed by atoms with Crippen LogP contribution in [0.15, 0.2) is 54.6 Å². The molecule has 2 bridgehead atoms. The summed E-state index contributed by atoms with van der Waals surface area (Å²) in [6.45, 7) is 3.80. The Kier molecular flexibility index (Phi) is 2.40. The lowest BCUT2D eigenvalue weighted by Gasteiger charge is -2.26. The maximum atomic E-state index is 13.2. The molecular weight excluding hydrogens is 302 g/mol. The predicted molar refractivity (Wildman–Crippen MR) is 90.5 cm³/mol. The van der Waals surface area contributed by atoms with E-state index in [2.05, 4.69) is 0 Å². The first-order valence-corrected chi connectivity index (χ1v) is 8.21. The van der Waals surface area contributed by atoms with Crippen molar-refractivity contribution in [2.75, 3.05) is 4.90 Å². The quantitative estimate of drug-likeness (QED) is 0.599. The molecule has 24 heavy (non-hydrogen) atoms. The van der Waals surface area contributed by atoms with E-state index in [0.717, 1.165) is 10.8 Å². The second-order valence-electron chi connectivity index (χ2n) is 7.27. The van der Waals surface area contributed by atoms with Crippen LogP contribution in [0.2, 0.25) is 0 Å². The van der Waals surface area contributed by atoms with Gasteiger partial charge in [-0.25, -0.2) is 4.90 Å². The highest BCUT2D eigenvalue weighted by atomic mass is 16.5. The molecule has 3 aliphatic rings. The Morgan fingerprint density at radius 3 is 2.12 bits per heavy atom. The highest BCUT2D eigenvalue weighted by Gasteiger charge is 2.70.